The lowest BCUT2D eigenvalue weighted by atomic mass is 10.1. The van der Waals surface area contributed by atoms with E-state index >= 15 is 0 Å². The fraction of sp³-hybridized carbons (Fsp3) is 0.333. The van der Waals surface area contributed by atoms with Crippen molar-refractivity contribution in [1.29, 1.82) is 0 Å². The molecule has 9 heteroatoms. The summed E-state index contributed by atoms with van der Waals surface area (Å²) < 4.78 is 15.0. The highest BCUT2D eigenvalue weighted by Gasteiger charge is 2.24. The molecule has 9 nitrogen and oxygen atoms in total. The minimum atomic E-state index is -0.759. The summed E-state index contributed by atoms with van der Waals surface area (Å²) >= 11 is 0. The van der Waals surface area contributed by atoms with Gasteiger partial charge in [-0.1, -0.05) is 12.1 Å². The Morgan fingerprint density at radius 2 is 1.53 bits per heavy atom. The van der Waals surface area contributed by atoms with Gasteiger partial charge in [-0.2, -0.15) is 0 Å². The fourth-order valence-electron chi connectivity index (χ4n) is 2.83. The molecule has 0 bridgehead atoms. The van der Waals surface area contributed by atoms with Gasteiger partial charge in [0.05, 0.1) is 30.0 Å². The van der Waals surface area contributed by atoms with E-state index in [2.05, 4.69) is 10.3 Å². The van der Waals surface area contributed by atoms with Crippen molar-refractivity contribution in [2.45, 2.75) is 27.7 Å². The summed E-state index contributed by atoms with van der Waals surface area (Å²) in [6, 6.07) is 6.34. The number of nitrogens with one attached hydrogen (secondary N) is 2. The van der Waals surface area contributed by atoms with Gasteiger partial charge >= 0.3 is 17.9 Å². The van der Waals surface area contributed by atoms with E-state index in [0.717, 1.165) is 0 Å². The molecule has 0 spiro atoms. The van der Waals surface area contributed by atoms with Crippen molar-refractivity contribution in [2.75, 3.05) is 25.1 Å². The number of carbonyl (C=O) groups is 4. The van der Waals surface area contributed by atoms with E-state index < -0.39 is 30.4 Å². The Morgan fingerprint density at radius 1 is 0.900 bits per heavy atom. The molecule has 0 aliphatic rings. The summed E-state index contributed by atoms with van der Waals surface area (Å²) in [7, 11) is 0. The molecular formula is C21H24N2O7. The third-order valence-corrected chi connectivity index (χ3v) is 4.15. The summed E-state index contributed by atoms with van der Waals surface area (Å²) in [5.74, 6) is -2.54. The molecule has 0 unspecified atom stereocenters. The molecule has 0 aliphatic heterocycles. The molecule has 160 valence electrons. The zero-order valence-corrected chi connectivity index (χ0v) is 17.3. The Kier molecular flexibility index (Phi) is 7.74. The number of hydrogen-bond acceptors (Lipinski definition) is 7. The van der Waals surface area contributed by atoms with Gasteiger partial charge in [0.1, 0.15) is 5.69 Å². The van der Waals surface area contributed by atoms with E-state index in [9.17, 15) is 19.2 Å². The number of hydrogen-bond donors (Lipinski definition) is 2. The quantitative estimate of drug-likeness (QED) is 0.501. The van der Waals surface area contributed by atoms with Gasteiger partial charge in [0, 0.05) is 5.69 Å². The van der Waals surface area contributed by atoms with Crippen LogP contribution in [0.3, 0.4) is 0 Å². The molecule has 1 amide bonds. The zero-order chi connectivity index (χ0) is 22.3. The van der Waals surface area contributed by atoms with Crippen molar-refractivity contribution in [2.24, 2.45) is 0 Å². The summed E-state index contributed by atoms with van der Waals surface area (Å²) in [4.78, 5) is 51.4. The van der Waals surface area contributed by atoms with Crippen LogP contribution in [0.1, 0.15) is 56.3 Å². The highest BCUT2D eigenvalue weighted by Crippen LogP contribution is 2.20. The van der Waals surface area contributed by atoms with Gasteiger partial charge in [-0.15, -0.1) is 0 Å². The highest BCUT2D eigenvalue weighted by atomic mass is 16.5. The minimum Gasteiger partial charge on any atom is -0.462 e. The van der Waals surface area contributed by atoms with Gasteiger partial charge in [0.25, 0.3) is 5.91 Å². The van der Waals surface area contributed by atoms with E-state index in [0.29, 0.717) is 11.3 Å². The van der Waals surface area contributed by atoms with Gasteiger partial charge < -0.3 is 24.5 Å². The van der Waals surface area contributed by atoms with Crippen molar-refractivity contribution < 1.29 is 33.4 Å². The van der Waals surface area contributed by atoms with E-state index in [1.54, 1.807) is 39.8 Å². The van der Waals surface area contributed by atoms with Crippen molar-refractivity contribution in [3.8, 4) is 0 Å². The van der Waals surface area contributed by atoms with E-state index in [-0.39, 0.29) is 35.7 Å². The van der Waals surface area contributed by atoms with Crippen LogP contribution in [0, 0.1) is 13.8 Å². The maximum absolute atomic E-state index is 12.4. The monoisotopic (exact) mass is 416 g/mol. The number of benzene rings is 1. The Morgan fingerprint density at radius 3 is 2.20 bits per heavy atom. The highest BCUT2D eigenvalue weighted by molar-refractivity contribution is 6.03. The van der Waals surface area contributed by atoms with Gasteiger partial charge in [-0.3, -0.25) is 4.79 Å². The number of carbonyl (C=O) groups excluding carboxylic acids is 4. The summed E-state index contributed by atoms with van der Waals surface area (Å²) in [5.41, 5.74) is 1.57. The first-order valence-electron chi connectivity index (χ1n) is 9.39. The van der Waals surface area contributed by atoms with Gasteiger partial charge in [-0.25, -0.2) is 14.4 Å². The predicted octanol–water partition coefficient (Wildman–Crippen LogP) is 2.78. The molecule has 2 aromatic rings. The van der Waals surface area contributed by atoms with Crippen molar-refractivity contribution in [3.05, 3.63) is 52.3 Å². The van der Waals surface area contributed by atoms with E-state index in [1.165, 1.54) is 12.1 Å². The molecule has 1 heterocycles. The number of esters is 3. The molecule has 2 N–H and O–H groups in total. The Hall–Kier alpha value is -3.62. The third kappa shape index (κ3) is 5.25. The zero-order valence-electron chi connectivity index (χ0n) is 17.3. The molecule has 0 aliphatic carbocycles. The first kappa shape index (κ1) is 22.7. The van der Waals surface area contributed by atoms with Crippen LogP contribution in [-0.2, 0) is 19.0 Å². The number of aryl methyl sites for hydroxylation is 1. The van der Waals surface area contributed by atoms with E-state index in [1.807, 2.05) is 0 Å². The maximum atomic E-state index is 12.4. The number of aromatic nitrogens is 1. The second kappa shape index (κ2) is 10.2. The van der Waals surface area contributed by atoms with Gasteiger partial charge in [0.2, 0.25) is 0 Å². The number of para-hydroxylation sites is 1. The van der Waals surface area contributed by atoms with Crippen LogP contribution >= 0.6 is 0 Å². The number of aromatic amines is 1. The topological polar surface area (TPSA) is 124 Å². The maximum Gasteiger partial charge on any atom is 0.355 e. The summed E-state index contributed by atoms with van der Waals surface area (Å²) in [6.07, 6.45) is 0. The van der Waals surface area contributed by atoms with Crippen LogP contribution < -0.4 is 5.32 Å². The molecule has 0 fully saturated rings. The van der Waals surface area contributed by atoms with Crippen LogP contribution in [0.2, 0.25) is 0 Å². The molecule has 0 atom stereocenters. The number of anilines is 1. The average Bonchev–Trinajstić information content (AvgIpc) is 3.01. The van der Waals surface area contributed by atoms with Crippen molar-refractivity contribution in [3.63, 3.8) is 0 Å². The predicted molar refractivity (Wildman–Crippen MR) is 108 cm³/mol. The summed E-state index contributed by atoms with van der Waals surface area (Å²) in [6.45, 7) is 6.37. The largest absolute Gasteiger partial charge is 0.462 e. The number of H-pyrrole nitrogens is 1. The van der Waals surface area contributed by atoms with Crippen molar-refractivity contribution in [1.82, 2.24) is 4.98 Å². The van der Waals surface area contributed by atoms with Gasteiger partial charge in [-0.05, 0) is 45.4 Å². The minimum absolute atomic E-state index is 0.161. The summed E-state index contributed by atoms with van der Waals surface area (Å²) in [5, 5.41) is 2.53. The number of ether oxygens (including phenoxy) is 3. The van der Waals surface area contributed by atoms with Crippen LogP contribution in [0.5, 0.6) is 0 Å². The Bertz CT molecular complexity index is 962. The fourth-order valence-corrected chi connectivity index (χ4v) is 2.83. The second-order valence-electron chi connectivity index (χ2n) is 6.24. The molecule has 1 aromatic heterocycles. The first-order valence-corrected chi connectivity index (χ1v) is 9.39. The van der Waals surface area contributed by atoms with Crippen molar-refractivity contribution >= 4 is 29.5 Å². The second-order valence-corrected chi connectivity index (χ2v) is 6.24. The Labute approximate surface area is 173 Å². The lowest BCUT2D eigenvalue weighted by Crippen LogP contribution is -2.22. The lowest BCUT2D eigenvalue weighted by Gasteiger charge is -2.11. The van der Waals surface area contributed by atoms with Crippen LogP contribution in [-0.4, -0.2) is 48.6 Å². The molecule has 1 aromatic carbocycles. The average molecular weight is 416 g/mol. The smallest absolute Gasteiger partial charge is 0.355 e. The van der Waals surface area contributed by atoms with Gasteiger partial charge in [0.15, 0.2) is 6.61 Å². The Balaban J connectivity index is 2.05. The standard InChI is InChI=1S/C21H24N2O7/c1-5-28-19(25)14-9-7-8-10-15(14)23-16(24)11-30-20(26)17-12(3)18(22-13(17)4)21(27)29-6-2/h7-10,22H,5-6,11H2,1-4H3,(H,23,24). The molecule has 0 saturated carbocycles. The molecule has 0 radical (unpaired) electrons. The van der Waals surface area contributed by atoms with E-state index in [4.69, 9.17) is 14.2 Å². The number of rotatable bonds is 8. The van der Waals surface area contributed by atoms with Crippen LogP contribution in [0.4, 0.5) is 5.69 Å². The molecule has 2 rings (SSSR count). The van der Waals surface area contributed by atoms with Crippen LogP contribution in [0.25, 0.3) is 0 Å². The molecule has 30 heavy (non-hydrogen) atoms. The lowest BCUT2D eigenvalue weighted by molar-refractivity contribution is -0.119. The normalized spacial score (nSPS) is 10.3. The molecule has 0 saturated heterocycles. The number of amides is 1. The molecular weight excluding hydrogens is 392 g/mol. The third-order valence-electron chi connectivity index (χ3n) is 4.15. The first-order chi connectivity index (χ1) is 14.3. The SMILES string of the molecule is CCOC(=O)c1ccccc1NC(=O)COC(=O)c1c(C)[nH]c(C(=O)OCC)c1C. The van der Waals surface area contributed by atoms with Crippen LogP contribution in [0.15, 0.2) is 24.3 Å².